The number of methoxy groups -OCH3 is 1. The number of hydrogen-bond donors (Lipinski definition) is 3. The predicted octanol–water partition coefficient (Wildman–Crippen LogP) is 1.04. The van der Waals surface area contributed by atoms with Crippen molar-refractivity contribution in [2.45, 2.75) is 13.2 Å². The van der Waals surface area contributed by atoms with E-state index in [4.69, 9.17) is 15.0 Å². The van der Waals surface area contributed by atoms with Gasteiger partial charge in [0.15, 0.2) is 11.5 Å². The largest absolute Gasteiger partial charge is 0.508 e. The third-order valence-corrected chi connectivity index (χ3v) is 2.62. The number of nitrogens with one attached hydrogen (secondary N) is 1. The maximum atomic E-state index is 11.8. The molecule has 1 aromatic heterocycles. The highest BCUT2D eigenvalue weighted by Crippen LogP contribution is 2.19. The fourth-order valence-electron chi connectivity index (χ4n) is 1.64. The first-order chi connectivity index (χ1) is 9.60. The number of rotatable bonds is 5. The Labute approximate surface area is 115 Å². The van der Waals surface area contributed by atoms with E-state index in [1.165, 1.54) is 19.2 Å². The molecule has 106 valence electrons. The summed E-state index contributed by atoms with van der Waals surface area (Å²) in [5.41, 5.74) is 6.81. The van der Waals surface area contributed by atoms with E-state index >= 15 is 0 Å². The van der Waals surface area contributed by atoms with Gasteiger partial charge in [0.1, 0.15) is 12.4 Å². The molecule has 0 saturated carbocycles. The summed E-state index contributed by atoms with van der Waals surface area (Å²) in [4.78, 5) is 11.8. The van der Waals surface area contributed by atoms with E-state index in [1.807, 2.05) is 0 Å². The molecule has 0 unspecified atom stereocenters. The number of nitrogens with zero attached hydrogens (tertiary/aromatic N) is 1. The number of nitrogen functional groups attached to an aromatic ring is 1. The zero-order valence-corrected chi connectivity index (χ0v) is 10.9. The van der Waals surface area contributed by atoms with Crippen LogP contribution in [0.5, 0.6) is 5.75 Å². The first-order valence-electron chi connectivity index (χ1n) is 5.90. The van der Waals surface area contributed by atoms with Crippen LogP contribution in [0, 0.1) is 0 Å². The first-order valence-corrected chi connectivity index (χ1v) is 5.90. The topological polar surface area (TPSA) is 111 Å². The molecule has 0 aliphatic heterocycles. The van der Waals surface area contributed by atoms with E-state index in [0.717, 1.165) is 0 Å². The number of anilines is 1. The molecule has 2 aromatic rings. The summed E-state index contributed by atoms with van der Waals surface area (Å²) in [6, 6.07) is 6.14. The Kier molecular flexibility index (Phi) is 4.21. The van der Waals surface area contributed by atoms with Crippen LogP contribution in [0.25, 0.3) is 0 Å². The van der Waals surface area contributed by atoms with Gasteiger partial charge in [-0.05, 0) is 18.2 Å². The highest BCUT2D eigenvalue weighted by molar-refractivity contribution is 5.92. The van der Waals surface area contributed by atoms with Crippen molar-refractivity contribution in [2.75, 3.05) is 12.8 Å². The summed E-state index contributed by atoms with van der Waals surface area (Å²) in [7, 11) is 1.52. The Bertz CT molecular complexity index is 609. The zero-order chi connectivity index (χ0) is 14.5. The molecule has 4 N–H and O–H groups in total. The van der Waals surface area contributed by atoms with Crippen LogP contribution in [-0.2, 0) is 17.9 Å². The minimum atomic E-state index is -0.405. The van der Waals surface area contributed by atoms with E-state index in [2.05, 4.69) is 10.5 Å². The van der Waals surface area contributed by atoms with Gasteiger partial charge in [0.25, 0.3) is 5.91 Å². The summed E-state index contributed by atoms with van der Waals surface area (Å²) in [5.74, 6) is 0.127. The van der Waals surface area contributed by atoms with Crippen molar-refractivity contribution in [1.82, 2.24) is 10.5 Å². The van der Waals surface area contributed by atoms with Gasteiger partial charge in [-0.2, -0.15) is 0 Å². The fraction of sp³-hybridized carbons (Fsp3) is 0.231. The quantitative estimate of drug-likeness (QED) is 0.556. The Morgan fingerprint density at radius 1 is 1.50 bits per heavy atom. The van der Waals surface area contributed by atoms with Gasteiger partial charge in [0.2, 0.25) is 0 Å². The molecule has 1 aromatic carbocycles. The van der Waals surface area contributed by atoms with Crippen molar-refractivity contribution in [3.8, 4) is 5.75 Å². The number of nitrogens with two attached hydrogens (primary N) is 1. The number of hydrogen-bond acceptors (Lipinski definition) is 6. The van der Waals surface area contributed by atoms with E-state index < -0.39 is 5.91 Å². The van der Waals surface area contributed by atoms with Gasteiger partial charge in [-0.25, -0.2) is 0 Å². The summed E-state index contributed by atoms with van der Waals surface area (Å²) in [6.45, 7) is 0.387. The molecule has 1 heterocycles. The SMILES string of the molecule is COCc1cc(C(=O)NCc2cc(N)ccc2O)no1. The van der Waals surface area contributed by atoms with Crippen LogP contribution in [0.2, 0.25) is 0 Å². The van der Waals surface area contributed by atoms with Gasteiger partial charge in [0.05, 0.1) is 0 Å². The Morgan fingerprint density at radius 2 is 2.30 bits per heavy atom. The second-order valence-corrected chi connectivity index (χ2v) is 4.18. The van der Waals surface area contributed by atoms with Crippen LogP contribution < -0.4 is 11.1 Å². The molecule has 7 heteroatoms. The van der Waals surface area contributed by atoms with Gasteiger partial charge >= 0.3 is 0 Å². The highest BCUT2D eigenvalue weighted by Gasteiger charge is 2.13. The molecular formula is C13H15N3O4. The minimum absolute atomic E-state index is 0.0692. The zero-order valence-electron chi connectivity index (χ0n) is 10.9. The van der Waals surface area contributed by atoms with Crippen molar-refractivity contribution in [1.29, 1.82) is 0 Å². The van der Waals surface area contributed by atoms with Gasteiger partial charge in [-0.3, -0.25) is 4.79 Å². The van der Waals surface area contributed by atoms with Gasteiger partial charge < -0.3 is 25.4 Å². The third-order valence-electron chi connectivity index (χ3n) is 2.62. The smallest absolute Gasteiger partial charge is 0.273 e. The van der Waals surface area contributed by atoms with Gasteiger partial charge in [-0.1, -0.05) is 5.16 Å². The third kappa shape index (κ3) is 3.27. The lowest BCUT2D eigenvalue weighted by atomic mass is 10.2. The molecule has 0 radical (unpaired) electrons. The van der Waals surface area contributed by atoms with E-state index in [0.29, 0.717) is 17.0 Å². The molecule has 0 aliphatic rings. The molecule has 7 nitrogen and oxygen atoms in total. The fourth-order valence-corrected chi connectivity index (χ4v) is 1.64. The summed E-state index contributed by atoms with van der Waals surface area (Å²) in [5, 5.41) is 15.9. The van der Waals surface area contributed by atoms with Crippen LogP contribution in [0.1, 0.15) is 21.8 Å². The van der Waals surface area contributed by atoms with Crippen molar-refractivity contribution in [3.63, 3.8) is 0 Å². The molecule has 20 heavy (non-hydrogen) atoms. The number of amides is 1. The van der Waals surface area contributed by atoms with Crippen LogP contribution in [-0.4, -0.2) is 23.3 Å². The lowest BCUT2D eigenvalue weighted by molar-refractivity contribution is 0.0941. The molecular weight excluding hydrogens is 262 g/mol. The van der Waals surface area contributed by atoms with Crippen molar-refractivity contribution >= 4 is 11.6 Å². The normalized spacial score (nSPS) is 10.4. The van der Waals surface area contributed by atoms with E-state index in [-0.39, 0.29) is 24.6 Å². The second kappa shape index (κ2) is 6.07. The number of phenolic OH excluding ortho intramolecular Hbond substituents is 1. The second-order valence-electron chi connectivity index (χ2n) is 4.18. The summed E-state index contributed by atoms with van der Waals surface area (Å²) >= 11 is 0. The highest BCUT2D eigenvalue weighted by atomic mass is 16.5. The minimum Gasteiger partial charge on any atom is -0.508 e. The van der Waals surface area contributed by atoms with Crippen molar-refractivity contribution < 1.29 is 19.2 Å². The first kappa shape index (κ1) is 13.9. The maximum absolute atomic E-state index is 11.8. The standard InChI is InChI=1S/C13H15N3O4/c1-19-7-10-5-11(16-20-10)13(18)15-6-8-4-9(14)2-3-12(8)17/h2-5,17H,6-7,14H2,1H3,(H,15,18). The maximum Gasteiger partial charge on any atom is 0.273 e. The number of aromatic hydroxyl groups is 1. The number of carbonyl (C=O) groups excluding carboxylic acids is 1. The lowest BCUT2D eigenvalue weighted by Gasteiger charge is -2.06. The van der Waals surface area contributed by atoms with Crippen LogP contribution >= 0.6 is 0 Å². The Balaban J connectivity index is 1.99. The van der Waals surface area contributed by atoms with Crippen LogP contribution in [0.15, 0.2) is 28.8 Å². The predicted molar refractivity (Wildman–Crippen MR) is 70.9 cm³/mol. The number of ether oxygens (including phenoxy) is 1. The Morgan fingerprint density at radius 3 is 3.05 bits per heavy atom. The molecule has 0 aliphatic carbocycles. The average molecular weight is 277 g/mol. The van der Waals surface area contributed by atoms with Crippen LogP contribution in [0.4, 0.5) is 5.69 Å². The van der Waals surface area contributed by atoms with Gasteiger partial charge in [-0.15, -0.1) is 0 Å². The molecule has 1 amide bonds. The lowest BCUT2D eigenvalue weighted by Crippen LogP contribution is -2.23. The number of carbonyl (C=O) groups is 1. The number of phenols is 1. The number of benzene rings is 1. The van der Waals surface area contributed by atoms with Crippen molar-refractivity contribution in [2.24, 2.45) is 0 Å². The average Bonchev–Trinajstić information content (AvgIpc) is 2.88. The number of aromatic nitrogens is 1. The monoisotopic (exact) mass is 277 g/mol. The molecule has 2 rings (SSSR count). The van der Waals surface area contributed by atoms with E-state index in [1.54, 1.807) is 12.1 Å². The summed E-state index contributed by atoms with van der Waals surface area (Å²) < 4.78 is 9.78. The van der Waals surface area contributed by atoms with Gasteiger partial charge in [0, 0.05) is 31.0 Å². The summed E-state index contributed by atoms with van der Waals surface area (Å²) in [6.07, 6.45) is 0. The molecule has 0 spiro atoms. The molecule has 0 atom stereocenters. The molecule has 0 fully saturated rings. The molecule has 0 bridgehead atoms. The molecule has 0 saturated heterocycles. The van der Waals surface area contributed by atoms with Crippen molar-refractivity contribution in [3.05, 3.63) is 41.3 Å². The Hall–Kier alpha value is -2.54. The van der Waals surface area contributed by atoms with Crippen LogP contribution in [0.3, 0.4) is 0 Å². The van der Waals surface area contributed by atoms with E-state index in [9.17, 15) is 9.90 Å².